The zero-order valence-electron chi connectivity index (χ0n) is 17.2. The number of carbonyl (C=O) groups excluding carboxylic acids is 2. The van der Waals surface area contributed by atoms with Gasteiger partial charge in [-0.25, -0.2) is 0 Å². The number of hydrogen-bond acceptors (Lipinski definition) is 4. The van der Waals surface area contributed by atoms with E-state index in [1.54, 1.807) is 24.3 Å². The highest BCUT2D eigenvalue weighted by atomic mass is 16.5. The Morgan fingerprint density at radius 1 is 0.968 bits per heavy atom. The van der Waals surface area contributed by atoms with Crippen molar-refractivity contribution < 1.29 is 19.1 Å². The number of hydrogen-bond donors (Lipinski definition) is 2. The zero-order valence-corrected chi connectivity index (χ0v) is 17.2. The van der Waals surface area contributed by atoms with Crippen LogP contribution in [-0.2, 0) is 16.0 Å². The molecule has 2 amide bonds. The summed E-state index contributed by atoms with van der Waals surface area (Å²) < 4.78 is 10.6. The van der Waals surface area contributed by atoms with Crippen molar-refractivity contribution in [2.24, 2.45) is 5.73 Å². The molecule has 0 radical (unpaired) electrons. The van der Waals surface area contributed by atoms with Crippen LogP contribution in [0.5, 0.6) is 11.5 Å². The monoisotopic (exact) mass is 416 g/mol. The molecular weight excluding hydrogens is 392 g/mol. The molecule has 0 atom stereocenters. The molecule has 3 aromatic rings. The normalized spacial score (nSPS) is 10.6. The molecule has 0 unspecified atom stereocenters. The molecule has 3 rings (SSSR count). The fourth-order valence-corrected chi connectivity index (χ4v) is 3.01. The molecule has 6 nitrogen and oxygen atoms in total. The van der Waals surface area contributed by atoms with E-state index in [0.29, 0.717) is 11.5 Å². The van der Waals surface area contributed by atoms with Crippen molar-refractivity contribution in [2.45, 2.75) is 6.42 Å². The van der Waals surface area contributed by atoms with Gasteiger partial charge in [-0.3, -0.25) is 9.59 Å². The predicted octanol–water partition coefficient (Wildman–Crippen LogP) is 3.80. The number of benzene rings is 3. The largest absolute Gasteiger partial charge is 0.493 e. The molecule has 0 saturated heterocycles. The van der Waals surface area contributed by atoms with Gasteiger partial charge in [-0.1, -0.05) is 54.6 Å². The number of amides is 2. The van der Waals surface area contributed by atoms with Gasteiger partial charge in [0.2, 0.25) is 5.91 Å². The van der Waals surface area contributed by atoms with Crippen molar-refractivity contribution in [3.8, 4) is 11.5 Å². The van der Waals surface area contributed by atoms with Crippen LogP contribution < -0.4 is 20.5 Å². The van der Waals surface area contributed by atoms with E-state index in [-0.39, 0.29) is 12.5 Å². The molecule has 31 heavy (non-hydrogen) atoms. The minimum absolute atomic E-state index is 0.240. The van der Waals surface area contributed by atoms with Crippen LogP contribution in [-0.4, -0.2) is 25.5 Å². The Hall–Kier alpha value is -4.06. The molecule has 0 aromatic heterocycles. The van der Waals surface area contributed by atoms with Crippen LogP contribution in [0.15, 0.2) is 78.9 Å². The Morgan fingerprint density at radius 2 is 1.71 bits per heavy atom. The summed E-state index contributed by atoms with van der Waals surface area (Å²) in [6.07, 6.45) is 3.86. The minimum atomic E-state index is -0.574. The standard InChI is InChI=1S/C25H24N2O4/c1-30-23-16-19(11-13-22(23)31-17-24(26)28)12-14-25(29)27-21-10-6-5-9-20(21)15-18-7-3-2-4-8-18/h2-14,16H,15,17H2,1H3,(H2,26,28)(H,27,29)/b14-12+. The minimum Gasteiger partial charge on any atom is -0.493 e. The topological polar surface area (TPSA) is 90.7 Å². The molecule has 3 aromatic carbocycles. The van der Waals surface area contributed by atoms with Crippen LogP contribution >= 0.6 is 0 Å². The van der Waals surface area contributed by atoms with Gasteiger partial charge in [0.25, 0.3) is 5.91 Å². The molecule has 158 valence electrons. The van der Waals surface area contributed by atoms with E-state index in [4.69, 9.17) is 15.2 Å². The third kappa shape index (κ3) is 6.47. The summed E-state index contributed by atoms with van der Waals surface area (Å²) >= 11 is 0. The zero-order chi connectivity index (χ0) is 22.1. The third-order valence-corrected chi connectivity index (χ3v) is 4.50. The van der Waals surface area contributed by atoms with Gasteiger partial charge in [0.1, 0.15) is 0 Å². The average Bonchev–Trinajstić information content (AvgIpc) is 2.78. The Kier molecular flexibility index (Phi) is 7.43. The number of primary amides is 1. The number of nitrogens with two attached hydrogens (primary N) is 1. The first-order valence-electron chi connectivity index (χ1n) is 9.75. The van der Waals surface area contributed by atoms with Crippen LogP contribution in [0.25, 0.3) is 6.08 Å². The number of anilines is 1. The second-order valence-corrected chi connectivity index (χ2v) is 6.81. The van der Waals surface area contributed by atoms with Crippen molar-refractivity contribution in [3.05, 3.63) is 95.6 Å². The fraction of sp³-hybridized carbons (Fsp3) is 0.120. The molecule has 0 heterocycles. The number of ether oxygens (including phenoxy) is 2. The lowest BCUT2D eigenvalue weighted by atomic mass is 10.0. The summed E-state index contributed by atoms with van der Waals surface area (Å²) in [4.78, 5) is 23.4. The molecule has 0 aliphatic heterocycles. The summed E-state index contributed by atoms with van der Waals surface area (Å²) in [5.74, 6) is 0.0264. The maximum Gasteiger partial charge on any atom is 0.255 e. The quantitative estimate of drug-likeness (QED) is 0.519. The Balaban J connectivity index is 1.68. The Labute approximate surface area is 181 Å². The molecule has 0 aliphatic carbocycles. The fourth-order valence-electron chi connectivity index (χ4n) is 3.01. The van der Waals surface area contributed by atoms with E-state index in [0.717, 1.165) is 23.2 Å². The van der Waals surface area contributed by atoms with Crippen LogP contribution in [0.1, 0.15) is 16.7 Å². The van der Waals surface area contributed by atoms with Gasteiger partial charge in [-0.2, -0.15) is 0 Å². The summed E-state index contributed by atoms with van der Waals surface area (Å²) in [7, 11) is 1.50. The second kappa shape index (κ2) is 10.6. The van der Waals surface area contributed by atoms with E-state index >= 15 is 0 Å². The number of methoxy groups -OCH3 is 1. The molecule has 0 fully saturated rings. The van der Waals surface area contributed by atoms with Crippen LogP contribution in [0.3, 0.4) is 0 Å². The van der Waals surface area contributed by atoms with Gasteiger partial charge < -0.3 is 20.5 Å². The van der Waals surface area contributed by atoms with Crippen LogP contribution in [0.4, 0.5) is 5.69 Å². The first kappa shape index (κ1) is 21.6. The van der Waals surface area contributed by atoms with Gasteiger partial charge in [-0.05, 0) is 47.4 Å². The van der Waals surface area contributed by atoms with Crippen molar-refractivity contribution >= 4 is 23.6 Å². The number of nitrogens with one attached hydrogen (secondary N) is 1. The molecule has 3 N–H and O–H groups in total. The number of para-hydroxylation sites is 1. The van der Waals surface area contributed by atoms with Crippen molar-refractivity contribution in [2.75, 3.05) is 19.0 Å². The molecular formula is C25H24N2O4. The van der Waals surface area contributed by atoms with Gasteiger partial charge in [0.15, 0.2) is 18.1 Å². The average molecular weight is 416 g/mol. The smallest absolute Gasteiger partial charge is 0.255 e. The maximum atomic E-state index is 12.5. The maximum absolute atomic E-state index is 12.5. The predicted molar refractivity (Wildman–Crippen MR) is 121 cm³/mol. The van der Waals surface area contributed by atoms with E-state index in [9.17, 15) is 9.59 Å². The van der Waals surface area contributed by atoms with Crippen LogP contribution in [0, 0.1) is 0 Å². The number of carbonyl (C=O) groups is 2. The first-order chi connectivity index (χ1) is 15.0. The molecule has 0 aliphatic rings. The summed E-state index contributed by atoms with van der Waals surface area (Å²) in [5, 5.41) is 2.94. The molecule has 6 heteroatoms. The van der Waals surface area contributed by atoms with Crippen molar-refractivity contribution in [1.82, 2.24) is 0 Å². The summed E-state index contributed by atoms with van der Waals surface area (Å²) in [5.41, 5.74) is 8.82. The van der Waals surface area contributed by atoms with Gasteiger partial charge in [-0.15, -0.1) is 0 Å². The summed E-state index contributed by atoms with van der Waals surface area (Å²) in [6, 6.07) is 23.0. The van der Waals surface area contributed by atoms with Crippen molar-refractivity contribution in [1.29, 1.82) is 0 Å². The van der Waals surface area contributed by atoms with Crippen LogP contribution in [0.2, 0.25) is 0 Å². The lowest BCUT2D eigenvalue weighted by Gasteiger charge is -2.11. The molecule has 0 spiro atoms. The Bertz CT molecular complexity index is 1080. The summed E-state index contributed by atoms with van der Waals surface area (Å²) in [6.45, 7) is -0.240. The van der Waals surface area contributed by atoms with Gasteiger partial charge >= 0.3 is 0 Å². The first-order valence-corrected chi connectivity index (χ1v) is 9.75. The van der Waals surface area contributed by atoms with E-state index in [2.05, 4.69) is 17.4 Å². The second-order valence-electron chi connectivity index (χ2n) is 6.81. The highest BCUT2D eigenvalue weighted by Gasteiger charge is 2.08. The third-order valence-electron chi connectivity index (χ3n) is 4.50. The lowest BCUT2D eigenvalue weighted by Crippen LogP contribution is -2.20. The highest BCUT2D eigenvalue weighted by Crippen LogP contribution is 2.28. The van der Waals surface area contributed by atoms with Gasteiger partial charge in [0.05, 0.1) is 7.11 Å². The molecule has 0 bridgehead atoms. The van der Waals surface area contributed by atoms with E-state index in [1.165, 1.54) is 18.7 Å². The SMILES string of the molecule is COc1cc(/C=C/C(=O)Nc2ccccc2Cc2ccccc2)ccc1OCC(N)=O. The highest BCUT2D eigenvalue weighted by molar-refractivity contribution is 6.02. The Morgan fingerprint density at radius 3 is 2.45 bits per heavy atom. The number of rotatable bonds is 9. The lowest BCUT2D eigenvalue weighted by molar-refractivity contribution is -0.120. The van der Waals surface area contributed by atoms with Crippen molar-refractivity contribution in [3.63, 3.8) is 0 Å². The van der Waals surface area contributed by atoms with E-state index in [1.807, 2.05) is 42.5 Å². The molecule has 0 saturated carbocycles. The van der Waals surface area contributed by atoms with Gasteiger partial charge in [0, 0.05) is 11.8 Å². The van der Waals surface area contributed by atoms with E-state index < -0.39 is 5.91 Å².